The molecule has 0 unspecified atom stereocenters. The molecule has 0 fully saturated rings. The van der Waals surface area contributed by atoms with Gasteiger partial charge in [-0.25, -0.2) is 0 Å². The van der Waals surface area contributed by atoms with Crippen LogP contribution in [0.2, 0.25) is 0 Å². The first-order chi connectivity index (χ1) is 2.00. The van der Waals surface area contributed by atoms with E-state index in [0.29, 0.717) is 0 Å². The van der Waals surface area contributed by atoms with E-state index in [1.807, 2.05) is 6.79 Å². The first-order valence-electron chi connectivity index (χ1n) is 0.736. The van der Waals surface area contributed by atoms with Crippen molar-refractivity contribution in [2.45, 2.75) is 0 Å². The molecule has 4 N–H and O–H groups in total. The highest BCUT2D eigenvalue weighted by molar-refractivity contribution is 5.10. The SMILES string of the molecule is C=O.CO.N. The van der Waals surface area contributed by atoms with Crippen LogP contribution in [0.25, 0.3) is 0 Å². The monoisotopic (exact) mass is 79.1 g/mol. The minimum absolute atomic E-state index is 0. The van der Waals surface area contributed by atoms with Crippen LogP contribution in [0.3, 0.4) is 0 Å². The molecule has 0 aliphatic carbocycles. The van der Waals surface area contributed by atoms with Crippen molar-refractivity contribution in [2.24, 2.45) is 0 Å². The lowest BCUT2D eigenvalue weighted by Gasteiger charge is -1.21. The van der Waals surface area contributed by atoms with Gasteiger partial charge in [-0.15, -0.1) is 0 Å². The van der Waals surface area contributed by atoms with Gasteiger partial charge in [0.1, 0.15) is 6.79 Å². The van der Waals surface area contributed by atoms with Crippen LogP contribution < -0.4 is 6.15 Å². The van der Waals surface area contributed by atoms with Gasteiger partial charge in [0.2, 0.25) is 0 Å². The fourth-order valence-corrected chi connectivity index (χ4v) is 0. The molecule has 0 aliphatic heterocycles. The number of carbonyl (C=O) groups is 1. The summed E-state index contributed by atoms with van der Waals surface area (Å²) in [6, 6.07) is 0. The van der Waals surface area contributed by atoms with Crippen molar-refractivity contribution in [3.05, 3.63) is 0 Å². The molecule has 0 aromatic rings. The maximum absolute atomic E-state index is 8.00. The van der Waals surface area contributed by atoms with Gasteiger partial charge in [0.05, 0.1) is 0 Å². The molecule has 3 heteroatoms. The lowest BCUT2D eigenvalue weighted by atomic mass is 11.8. The van der Waals surface area contributed by atoms with Crippen molar-refractivity contribution in [3.8, 4) is 0 Å². The third-order valence-corrected chi connectivity index (χ3v) is 0. The van der Waals surface area contributed by atoms with E-state index in [1.54, 1.807) is 0 Å². The van der Waals surface area contributed by atoms with Crippen molar-refractivity contribution < 1.29 is 9.90 Å². The van der Waals surface area contributed by atoms with E-state index in [2.05, 4.69) is 0 Å². The third-order valence-electron chi connectivity index (χ3n) is 0. The van der Waals surface area contributed by atoms with Crippen LogP contribution in [0.15, 0.2) is 0 Å². The zero-order chi connectivity index (χ0) is 4.00. The second kappa shape index (κ2) is 143. The largest absolute Gasteiger partial charge is 0.400 e. The first-order valence-corrected chi connectivity index (χ1v) is 0.736. The molecule has 0 saturated carbocycles. The summed E-state index contributed by atoms with van der Waals surface area (Å²) < 4.78 is 0. The van der Waals surface area contributed by atoms with Crippen LogP contribution in [-0.2, 0) is 4.79 Å². The summed E-state index contributed by atoms with van der Waals surface area (Å²) in [4.78, 5) is 8.00. The molecular weight excluding hydrogens is 70.0 g/mol. The summed E-state index contributed by atoms with van der Waals surface area (Å²) in [5.74, 6) is 0. The predicted octanol–water partition coefficient (Wildman–Crippen LogP) is -0.414. The third kappa shape index (κ3) is 54.0. The standard InChI is InChI=1S/CH4O.CH2O.H3N/c2*1-2;/h2H,1H3;1H2;1H3. The number of aliphatic hydroxyl groups is 1. The van der Waals surface area contributed by atoms with Gasteiger partial charge >= 0.3 is 0 Å². The highest BCUT2D eigenvalue weighted by Crippen LogP contribution is 0.755. The Bertz CT molecular complexity index is 7.61. The zero-order valence-corrected chi connectivity index (χ0v) is 3.27. The second-order valence-corrected chi connectivity index (χ2v) is 0. The molecule has 0 rings (SSSR count). The summed E-state index contributed by atoms with van der Waals surface area (Å²) in [6.07, 6.45) is 0. The molecule has 5 heavy (non-hydrogen) atoms. The number of rotatable bonds is 0. The Hall–Kier alpha value is -0.410. The quantitative estimate of drug-likeness (QED) is 0.414. The minimum Gasteiger partial charge on any atom is -0.400 e. The second-order valence-electron chi connectivity index (χ2n) is 0. The van der Waals surface area contributed by atoms with Crippen LogP contribution in [0.5, 0.6) is 0 Å². The van der Waals surface area contributed by atoms with Crippen molar-refractivity contribution in [1.29, 1.82) is 0 Å². The zero-order valence-electron chi connectivity index (χ0n) is 3.27. The average Bonchev–Trinajstić information content (AvgIpc) is 1.50. The molecule has 0 radical (unpaired) electrons. The minimum atomic E-state index is 0. The number of hydrogen-bond acceptors (Lipinski definition) is 3. The van der Waals surface area contributed by atoms with Crippen molar-refractivity contribution in [1.82, 2.24) is 6.15 Å². The van der Waals surface area contributed by atoms with Gasteiger partial charge in [-0.2, -0.15) is 0 Å². The number of carbonyl (C=O) groups excluding carboxylic acids is 1. The Kier molecular flexibility index (Phi) is 670. The molecule has 0 saturated heterocycles. The lowest BCUT2D eigenvalue weighted by Crippen LogP contribution is -1.25. The maximum Gasteiger partial charge on any atom is 0.106 e. The number of aliphatic hydroxyl groups excluding tert-OH is 1. The Morgan fingerprint density at radius 1 is 1.40 bits per heavy atom. The molecule has 0 aromatic carbocycles. The van der Waals surface area contributed by atoms with E-state index in [4.69, 9.17) is 9.90 Å². The summed E-state index contributed by atoms with van der Waals surface area (Å²) in [7, 11) is 1.00. The summed E-state index contributed by atoms with van der Waals surface area (Å²) in [6.45, 7) is 2.00. The van der Waals surface area contributed by atoms with E-state index in [-0.39, 0.29) is 6.15 Å². The Balaban J connectivity index is -0.0000000133. The lowest BCUT2D eigenvalue weighted by molar-refractivity contribution is -0.0979. The molecular formula is C2H9NO2. The molecule has 0 heterocycles. The van der Waals surface area contributed by atoms with Gasteiger partial charge in [0.15, 0.2) is 0 Å². The van der Waals surface area contributed by atoms with Crippen molar-refractivity contribution in [2.75, 3.05) is 7.11 Å². The van der Waals surface area contributed by atoms with Gasteiger partial charge in [-0.3, -0.25) is 0 Å². The molecule has 0 aliphatic rings. The van der Waals surface area contributed by atoms with E-state index in [9.17, 15) is 0 Å². The van der Waals surface area contributed by atoms with E-state index < -0.39 is 0 Å². The summed E-state index contributed by atoms with van der Waals surface area (Å²) >= 11 is 0. The topological polar surface area (TPSA) is 72.3 Å². The van der Waals surface area contributed by atoms with Crippen LogP contribution >= 0.6 is 0 Å². The van der Waals surface area contributed by atoms with Crippen molar-refractivity contribution in [3.63, 3.8) is 0 Å². The van der Waals surface area contributed by atoms with Crippen LogP contribution in [0, 0.1) is 0 Å². The molecule has 0 atom stereocenters. The summed E-state index contributed by atoms with van der Waals surface area (Å²) in [5, 5.41) is 7.00. The molecule has 0 aromatic heterocycles. The highest BCUT2D eigenvalue weighted by atomic mass is 16.2. The molecule has 34 valence electrons. The fraction of sp³-hybridized carbons (Fsp3) is 0.500. The van der Waals surface area contributed by atoms with E-state index in [1.165, 1.54) is 0 Å². The van der Waals surface area contributed by atoms with Gasteiger partial charge in [-0.1, -0.05) is 0 Å². The van der Waals surface area contributed by atoms with Gasteiger partial charge in [0, 0.05) is 7.11 Å². The van der Waals surface area contributed by atoms with E-state index >= 15 is 0 Å². The molecule has 0 bridgehead atoms. The van der Waals surface area contributed by atoms with Gasteiger partial charge in [0.25, 0.3) is 0 Å². The number of hydrogen-bond donors (Lipinski definition) is 2. The molecule has 3 nitrogen and oxygen atoms in total. The first kappa shape index (κ1) is 23.4. The smallest absolute Gasteiger partial charge is 0.106 e. The Morgan fingerprint density at radius 3 is 1.40 bits per heavy atom. The van der Waals surface area contributed by atoms with E-state index in [0.717, 1.165) is 7.11 Å². The molecule has 0 amide bonds. The molecule has 0 spiro atoms. The maximum atomic E-state index is 8.00. The fourth-order valence-electron chi connectivity index (χ4n) is 0. The predicted molar refractivity (Wildman–Crippen MR) is 20.3 cm³/mol. The summed E-state index contributed by atoms with van der Waals surface area (Å²) in [5.41, 5.74) is 0. The van der Waals surface area contributed by atoms with Gasteiger partial charge in [-0.05, 0) is 0 Å². The van der Waals surface area contributed by atoms with Crippen molar-refractivity contribution >= 4 is 6.79 Å². The van der Waals surface area contributed by atoms with Crippen LogP contribution in [-0.4, -0.2) is 19.0 Å². The Labute approximate surface area is 31.2 Å². The highest BCUT2D eigenvalue weighted by Gasteiger charge is 0.839. The average molecular weight is 79.1 g/mol. The normalized spacial score (nSPS) is 2.00. The van der Waals surface area contributed by atoms with Crippen LogP contribution in [0.4, 0.5) is 0 Å². The van der Waals surface area contributed by atoms with Crippen LogP contribution in [0.1, 0.15) is 0 Å². The van der Waals surface area contributed by atoms with Gasteiger partial charge < -0.3 is 16.1 Å². The Morgan fingerprint density at radius 2 is 1.40 bits per heavy atom.